The number of pyridine rings is 1. The molecule has 0 saturated carbocycles. The zero-order valence-electron chi connectivity index (χ0n) is 14.4. The van der Waals surface area contributed by atoms with E-state index in [0.717, 1.165) is 0 Å². The molecule has 134 valence electrons. The van der Waals surface area contributed by atoms with Crippen molar-refractivity contribution in [2.45, 2.75) is 13.3 Å². The fourth-order valence-corrected chi connectivity index (χ4v) is 2.22. The number of hydrogen-bond donors (Lipinski definition) is 2. The van der Waals surface area contributed by atoms with Crippen molar-refractivity contribution in [3.05, 3.63) is 58.7 Å². The molecule has 2 aromatic rings. The fraction of sp³-hybridized carbons (Fsp3) is 0.222. The van der Waals surface area contributed by atoms with Gasteiger partial charge in [0.25, 0.3) is 11.9 Å². The third-order valence-electron chi connectivity index (χ3n) is 3.55. The van der Waals surface area contributed by atoms with Crippen LogP contribution in [-0.2, 0) is 11.2 Å². The van der Waals surface area contributed by atoms with Gasteiger partial charge in [-0.1, -0.05) is 0 Å². The molecule has 7 nitrogen and oxygen atoms in total. The minimum atomic E-state index is -0.454. The van der Waals surface area contributed by atoms with Crippen LogP contribution in [0.15, 0.2) is 35.5 Å². The molecule has 1 amide bonds. The molecule has 0 unspecified atom stereocenters. The van der Waals surface area contributed by atoms with Crippen molar-refractivity contribution < 1.29 is 13.9 Å². The largest absolute Gasteiger partial charge is 0.465 e. The van der Waals surface area contributed by atoms with Gasteiger partial charge in [0, 0.05) is 25.4 Å². The number of carbonyl (C=O) groups excluding carboxylic acids is 1. The third-order valence-corrected chi connectivity index (χ3v) is 3.55. The van der Waals surface area contributed by atoms with E-state index in [2.05, 4.69) is 15.3 Å². The first-order valence-electron chi connectivity index (χ1n) is 7.76. The van der Waals surface area contributed by atoms with Crippen molar-refractivity contribution in [1.82, 2.24) is 4.98 Å². The molecule has 1 aromatic heterocycles. The topological polar surface area (TPSA) is 113 Å². The first-order chi connectivity index (χ1) is 12.4. The van der Waals surface area contributed by atoms with Gasteiger partial charge in [-0.25, -0.2) is 14.4 Å². The molecule has 2 rings (SSSR count). The molecule has 0 aliphatic carbocycles. The van der Waals surface area contributed by atoms with Gasteiger partial charge in [-0.05, 0) is 42.3 Å². The molecule has 0 aliphatic heterocycles. The molecule has 0 saturated heterocycles. The quantitative estimate of drug-likeness (QED) is 0.630. The smallest absolute Gasteiger partial charge is 0.281 e. The Labute approximate surface area is 150 Å². The van der Waals surface area contributed by atoms with Gasteiger partial charge in [0.15, 0.2) is 0 Å². The lowest BCUT2D eigenvalue weighted by atomic mass is 10.1. The number of carbonyl (C=O) groups is 1. The van der Waals surface area contributed by atoms with Crippen molar-refractivity contribution in [2.75, 3.05) is 19.0 Å². The number of nitrogens with zero attached hydrogens (tertiary/aromatic N) is 3. The fourth-order valence-electron chi connectivity index (χ4n) is 2.22. The van der Waals surface area contributed by atoms with E-state index >= 15 is 0 Å². The number of benzene rings is 1. The Bertz CT molecular complexity index is 872. The SMILES string of the molecule is C/N=C(/N)OCCc1cc(NC(=O)c2ccc(C#N)cn2)cc(C)c1F. The Kier molecular flexibility index (Phi) is 6.22. The number of nitrogens with two attached hydrogens (primary N) is 1. The first-order valence-corrected chi connectivity index (χ1v) is 7.76. The highest BCUT2D eigenvalue weighted by Gasteiger charge is 2.12. The molecule has 0 aliphatic rings. The Morgan fingerprint density at radius 3 is 2.85 bits per heavy atom. The minimum Gasteiger partial charge on any atom is -0.465 e. The van der Waals surface area contributed by atoms with E-state index in [4.69, 9.17) is 15.7 Å². The molecular weight excluding hydrogens is 337 g/mol. The summed E-state index contributed by atoms with van der Waals surface area (Å²) in [7, 11) is 1.49. The van der Waals surface area contributed by atoms with Crippen LogP contribution in [0.5, 0.6) is 0 Å². The Morgan fingerprint density at radius 2 is 2.23 bits per heavy atom. The third kappa shape index (κ3) is 4.77. The lowest BCUT2D eigenvalue weighted by molar-refractivity contribution is 0.102. The van der Waals surface area contributed by atoms with Crippen LogP contribution in [0.1, 0.15) is 27.2 Å². The second kappa shape index (κ2) is 8.58. The van der Waals surface area contributed by atoms with Crippen LogP contribution in [0.4, 0.5) is 10.1 Å². The van der Waals surface area contributed by atoms with Gasteiger partial charge in [-0.15, -0.1) is 0 Å². The number of rotatable bonds is 5. The van der Waals surface area contributed by atoms with Crippen LogP contribution in [-0.4, -0.2) is 30.6 Å². The number of ether oxygens (including phenoxy) is 1. The number of hydrogen-bond acceptors (Lipinski definition) is 5. The molecule has 0 spiro atoms. The Morgan fingerprint density at radius 1 is 1.46 bits per heavy atom. The van der Waals surface area contributed by atoms with E-state index in [1.54, 1.807) is 6.92 Å². The van der Waals surface area contributed by atoms with Crippen LogP contribution < -0.4 is 11.1 Å². The van der Waals surface area contributed by atoms with E-state index < -0.39 is 5.91 Å². The number of aliphatic imine (C=N–C) groups is 1. The van der Waals surface area contributed by atoms with Crippen molar-refractivity contribution in [3.63, 3.8) is 0 Å². The molecule has 3 N–H and O–H groups in total. The maximum atomic E-state index is 14.3. The van der Waals surface area contributed by atoms with Gasteiger partial charge >= 0.3 is 0 Å². The molecule has 26 heavy (non-hydrogen) atoms. The number of anilines is 1. The summed E-state index contributed by atoms with van der Waals surface area (Å²) in [5.41, 5.74) is 7.16. The summed E-state index contributed by atoms with van der Waals surface area (Å²) in [6.07, 6.45) is 1.58. The van der Waals surface area contributed by atoms with Crippen molar-refractivity contribution in [1.29, 1.82) is 5.26 Å². The second-order valence-corrected chi connectivity index (χ2v) is 5.42. The molecule has 0 fully saturated rings. The van der Waals surface area contributed by atoms with E-state index in [-0.39, 0.29) is 30.6 Å². The number of halogens is 1. The van der Waals surface area contributed by atoms with E-state index in [9.17, 15) is 9.18 Å². The molecule has 0 radical (unpaired) electrons. The van der Waals surface area contributed by atoms with Gasteiger partial charge < -0.3 is 15.8 Å². The summed E-state index contributed by atoms with van der Waals surface area (Å²) in [5.74, 6) is -0.819. The highest BCUT2D eigenvalue weighted by Crippen LogP contribution is 2.20. The number of nitriles is 1. The molecule has 8 heteroatoms. The van der Waals surface area contributed by atoms with Crippen molar-refractivity contribution in [3.8, 4) is 6.07 Å². The van der Waals surface area contributed by atoms with Gasteiger partial charge in [0.1, 0.15) is 17.6 Å². The first kappa shape index (κ1) is 18.9. The maximum absolute atomic E-state index is 14.3. The number of amides is 1. The standard InChI is InChI=1S/C18H18FN5O2/c1-11-7-14(8-13(16(11)19)5-6-26-18(21)22-2)24-17(25)15-4-3-12(9-20)10-23-15/h3-4,7-8,10H,5-6H2,1-2H3,(H2,21,22)(H,24,25). The zero-order valence-corrected chi connectivity index (χ0v) is 14.4. The van der Waals surface area contributed by atoms with Crippen LogP contribution in [0, 0.1) is 24.1 Å². The maximum Gasteiger partial charge on any atom is 0.281 e. The Hall–Kier alpha value is -3.47. The highest BCUT2D eigenvalue weighted by atomic mass is 19.1. The number of aryl methyl sites for hydroxylation is 1. The summed E-state index contributed by atoms with van der Waals surface area (Å²) < 4.78 is 19.4. The monoisotopic (exact) mass is 355 g/mol. The average molecular weight is 355 g/mol. The van der Waals surface area contributed by atoms with Crippen LogP contribution >= 0.6 is 0 Å². The van der Waals surface area contributed by atoms with Crippen LogP contribution in [0.25, 0.3) is 0 Å². The van der Waals surface area contributed by atoms with Crippen LogP contribution in [0.3, 0.4) is 0 Å². The predicted molar refractivity (Wildman–Crippen MR) is 95.2 cm³/mol. The van der Waals surface area contributed by atoms with Crippen LogP contribution in [0.2, 0.25) is 0 Å². The highest BCUT2D eigenvalue weighted by molar-refractivity contribution is 6.02. The van der Waals surface area contributed by atoms with E-state index in [0.29, 0.717) is 22.4 Å². The summed E-state index contributed by atoms with van der Waals surface area (Å²) in [4.78, 5) is 19.8. The lowest BCUT2D eigenvalue weighted by Gasteiger charge is -2.11. The predicted octanol–water partition coefficient (Wildman–Crippen LogP) is 2.16. The van der Waals surface area contributed by atoms with Gasteiger partial charge in [0.2, 0.25) is 0 Å². The van der Waals surface area contributed by atoms with Gasteiger partial charge in [0.05, 0.1) is 12.2 Å². The molecular formula is C18H18FN5O2. The normalized spacial score (nSPS) is 10.9. The van der Waals surface area contributed by atoms with E-state index in [1.807, 2.05) is 6.07 Å². The molecule has 1 aromatic carbocycles. The average Bonchev–Trinajstić information content (AvgIpc) is 2.65. The summed E-state index contributed by atoms with van der Waals surface area (Å²) in [6, 6.07) is 7.97. The zero-order chi connectivity index (χ0) is 19.1. The lowest BCUT2D eigenvalue weighted by Crippen LogP contribution is -2.18. The van der Waals surface area contributed by atoms with E-state index in [1.165, 1.54) is 37.5 Å². The van der Waals surface area contributed by atoms with Crippen molar-refractivity contribution >= 4 is 17.6 Å². The number of amidine groups is 1. The molecule has 1 heterocycles. The summed E-state index contributed by atoms with van der Waals surface area (Å²) in [5, 5.41) is 11.4. The summed E-state index contributed by atoms with van der Waals surface area (Å²) >= 11 is 0. The molecule has 0 bridgehead atoms. The second-order valence-electron chi connectivity index (χ2n) is 5.42. The number of aromatic nitrogens is 1. The number of nitrogens with one attached hydrogen (secondary N) is 1. The Balaban J connectivity index is 2.13. The van der Waals surface area contributed by atoms with Gasteiger partial charge in [-0.2, -0.15) is 5.26 Å². The minimum absolute atomic E-state index is 0.0264. The summed E-state index contributed by atoms with van der Waals surface area (Å²) in [6.45, 7) is 1.77. The molecule has 0 atom stereocenters. The van der Waals surface area contributed by atoms with Gasteiger partial charge in [-0.3, -0.25) is 4.79 Å². The van der Waals surface area contributed by atoms with Crippen molar-refractivity contribution in [2.24, 2.45) is 10.7 Å².